The van der Waals surface area contributed by atoms with Crippen LogP contribution in [0.2, 0.25) is 5.15 Å². The minimum absolute atomic E-state index is 0.347. The second-order valence-corrected chi connectivity index (χ2v) is 4.90. The number of halogens is 2. The third-order valence-corrected chi connectivity index (χ3v) is 3.51. The number of rotatable bonds is 2. The third-order valence-electron chi connectivity index (χ3n) is 2.41. The van der Waals surface area contributed by atoms with E-state index >= 15 is 0 Å². The number of aromatic nitrogens is 5. The molecule has 0 N–H and O–H groups in total. The van der Waals surface area contributed by atoms with Crippen LogP contribution in [0.4, 0.5) is 0 Å². The monoisotopic (exact) mass is 335 g/mol. The Hall–Kier alpha value is -1.79. The number of nitrogens with zero attached hydrogens (tertiary/aromatic N) is 5. The first-order chi connectivity index (χ1) is 9.24. The van der Waals surface area contributed by atoms with Crippen LogP contribution in [0.15, 0.2) is 47.2 Å². The highest BCUT2D eigenvalue weighted by molar-refractivity contribution is 9.10. The summed E-state index contributed by atoms with van der Waals surface area (Å²) in [5.41, 5.74) is 1.44. The Morgan fingerprint density at radius 1 is 1.11 bits per heavy atom. The SMILES string of the molecule is Clc1nc(-c2cnn(-c3ccccc3)n2)ncc1Br. The van der Waals surface area contributed by atoms with Gasteiger partial charge < -0.3 is 0 Å². The zero-order valence-corrected chi connectivity index (χ0v) is 11.9. The highest BCUT2D eigenvalue weighted by atomic mass is 79.9. The van der Waals surface area contributed by atoms with Crippen LogP contribution in [-0.2, 0) is 0 Å². The van der Waals surface area contributed by atoms with Gasteiger partial charge in [0.15, 0.2) is 11.5 Å². The molecule has 7 heteroatoms. The fraction of sp³-hybridized carbons (Fsp3) is 0. The van der Waals surface area contributed by atoms with Crippen molar-refractivity contribution < 1.29 is 0 Å². The molecule has 0 aliphatic heterocycles. The van der Waals surface area contributed by atoms with Crippen molar-refractivity contribution in [1.82, 2.24) is 25.0 Å². The van der Waals surface area contributed by atoms with Crippen molar-refractivity contribution in [2.24, 2.45) is 0 Å². The fourth-order valence-electron chi connectivity index (χ4n) is 1.52. The van der Waals surface area contributed by atoms with Gasteiger partial charge in [-0.2, -0.15) is 9.90 Å². The summed E-state index contributed by atoms with van der Waals surface area (Å²) in [6, 6.07) is 9.61. The average molecular weight is 337 g/mol. The van der Waals surface area contributed by atoms with Crippen LogP contribution in [0.25, 0.3) is 17.2 Å². The van der Waals surface area contributed by atoms with E-state index in [1.807, 2.05) is 30.3 Å². The van der Waals surface area contributed by atoms with Gasteiger partial charge in [-0.25, -0.2) is 9.97 Å². The van der Waals surface area contributed by atoms with Crippen LogP contribution in [0.3, 0.4) is 0 Å². The first-order valence-electron chi connectivity index (χ1n) is 5.40. The Kier molecular flexibility index (Phi) is 3.27. The van der Waals surface area contributed by atoms with Crippen LogP contribution in [0.1, 0.15) is 0 Å². The number of para-hydroxylation sites is 1. The van der Waals surface area contributed by atoms with E-state index in [-0.39, 0.29) is 0 Å². The van der Waals surface area contributed by atoms with E-state index in [1.54, 1.807) is 12.4 Å². The van der Waals surface area contributed by atoms with Gasteiger partial charge in [0.25, 0.3) is 0 Å². The summed E-state index contributed by atoms with van der Waals surface area (Å²) in [5, 5.41) is 8.86. The molecule has 3 rings (SSSR count). The molecule has 0 saturated heterocycles. The van der Waals surface area contributed by atoms with E-state index in [0.717, 1.165) is 5.69 Å². The Morgan fingerprint density at radius 3 is 2.63 bits per heavy atom. The molecular weight excluding hydrogens is 330 g/mol. The smallest absolute Gasteiger partial charge is 0.183 e. The quantitative estimate of drug-likeness (QED) is 0.675. The fourth-order valence-corrected chi connectivity index (χ4v) is 1.84. The van der Waals surface area contributed by atoms with Crippen molar-refractivity contribution in [2.75, 3.05) is 0 Å². The molecule has 0 fully saturated rings. The zero-order valence-electron chi connectivity index (χ0n) is 9.53. The Labute approximate surface area is 122 Å². The number of benzene rings is 1. The van der Waals surface area contributed by atoms with Gasteiger partial charge in [-0.15, -0.1) is 5.10 Å². The predicted molar refractivity (Wildman–Crippen MR) is 75.1 cm³/mol. The first-order valence-corrected chi connectivity index (χ1v) is 6.57. The Balaban J connectivity index is 1.99. The summed E-state index contributed by atoms with van der Waals surface area (Å²) in [4.78, 5) is 9.82. The normalized spacial score (nSPS) is 10.6. The van der Waals surface area contributed by atoms with E-state index < -0.39 is 0 Å². The molecule has 2 aromatic heterocycles. The van der Waals surface area contributed by atoms with Crippen molar-refractivity contribution in [3.63, 3.8) is 0 Å². The minimum Gasteiger partial charge on any atom is -0.234 e. The van der Waals surface area contributed by atoms with Gasteiger partial charge in [0, 0.05) is 6.20 Å². The lowest BCUT2D eigenvalue weighted by Crippen LogP contribution is -1.98. The van der Waals surface area contributed by atoms with Crippen LogP contribution in [-0.4, -0.2) is 25.0 Å². The van der Waals surface area contributed by atoms with Crippen molar-refractivity contribution in [2.45, 2.75) is 0 Å². The molecule has 0 spiro atoms. The van der Waals surface area contributed by atoms with Gasteiger partial charge in [0.2, 0.25) is 0 Å². The van der Waals surface area contributed by atoms with Gasteiger partial charge in [-0.1, -0.05) is 29.8 Å². The maximum absolute atomic E-state index is 5.93. The third kappa shape index (κ3) is 2.50. The summed E-state index contributed by atoms with van der Waals surface area (Å²) in [7, 11) is 0. The summed E-state index contributed by atoms with van der Waals surface area (Å²) in [6.45, 7) is 0. The van der Waals surface area contributed by atoms with Crippen LogP contribution < -0.4 is 0 Å². The standard InChI is InChI=1S/C12H7BrClN5/c13-9-6-15-12(17-11(9)14)10-7-16-19(18-10)8-4-2-1-3-5-8/h1-7H. The van der Waals surface area contributed by atoms with Crippen molar-refractivity contribution >= 4 is 27.5 Å². The van der Waals surface area contributed by atoms with E-state index in [4.69, 9.17) is 11.6 Å². The Bertz CT molecular complexity index is 713. The lowest BCUT2D eigenvalue weighted by atomic mass is 10.3. The molecule has 0 atom stereocenters. The van der Waals surface area contributed by atoms with Crippen molar-refractivity contribution in [3.8, 4) is 17.2 Å². The molecule has 0 bridgehead atoms. The molecule has 0 saturated carbocycles. The molecule has 94 valence electrons. The molecule has 0 aliphatic rings. The zero-order chi connectivity index (χ0) is 13.2. The van der Waals surface area contributed by atoms with Gasteiger partial charge in [0.05, 0.1) is 16.4 Å². The van der Waals surface area contributed by atoms with Crippen LogP contribution >= 0.6 is 27.5 Å². The van der Waals surface area contributed by atoms with Gasteiger partial charge in [-0.05, 0) is 28.1 Å². The molecule has 19 heavy (non-hydrogen) atoms. The molecule has 0 radical (unpaired) electrons. The lowest BCUT2D eigenvalue weighted by Gasteiger charge is -1.98. The van der Waals surface area contributed by atoms with Crippen LogP contribution in [0.5, 0.6) is 0 Å². The second-order valence-electron chi connectivity index (χ2n) is 3.69. The Morgan fingerprint density at radius 2 is 1.89 bits per heavy atom. The second kappa shape index (κ2) is 5.07. The van der Waals surface area contributed by atoms with E-state index in [9.17, 15) is 0 Å². The first kappa shape index (κ1) is 12.3. The minimum atomic E-state index is 0.347. The summed E-state index contributed by atoms with van der Waals surface area (Å²) in [5.74, 6) is 0.440. The highest BCUT2D eigenvalue weighted by Gasteiger charge is 2.09. The highest BCUT2D eigenvalue weighted by Crippen LogP contribution is 2.21. The van der Waals surface area contributed by atoms with Crippen molar-refractivity contribution in [3.05, 3.63) is 52.4 Å². The van der Waals surface area contributed by atoms with E-state index in [1.165, 1.54) is 4.80 Å². The number of hydrogen-bond donors (Lipinski definition) is 0. The maximum atomic E-state index is 5.93. The molecule has 0 aliphatic carbocycles. The van der Waals surface area contributed by atoms with Gasteiger partial charge >= 0.3 is 0 Å². The average Bonchev–Trinajstić information content (AvgIpc) is 2.93. The van der Waals surface area contributed by atoms with Gasteiger partial charge in [0.1, 0.15) is 5.15 Å². The molecule has 5 nitrogen and oxygen atoms in total. The molecular formula is C12H7BrClN5. The maximum Gasteiger partial charge on any atom is 0.183 e. The predicted octanol–water partition coefficient (Wildman–Crippen LogP) is 3.14. The largest absolute Gasteiger partial charge is 0.234 e. The summed E-state index contributed by atoms with van der Waals surface area (Å²) < 4.78 is 0.647. The summed E-state index contributed by atoms with van der Waals surface area (Å²) >= 11 is 9.18. The lowest BCUT2D eigenvalue weighted by molar-refractivity contribution is 0.752. The van der Waals surface area contributed by atoms with Crippen LogP contribution in [0, 0.1) is 0 Å². The van der Waals surface area contributed by atoms with E-state index in [0.29, 0.717) is 21.1 Å². The molecule has 1 aromatic carbocycles. The topological polar surface area (TPSA) is 56.5 Å². The molecule has 0 unspecified atom stereocenters. The van der Waals surface area contributed by atoms with E-state index in [2.05, 4.69) is 36.1 Å². The molecule has 0 amide bonds. The molecule has 2 heterocycles. The number of hydrogen-bond acceptors (Lipinski definition) is 4. The van der Waals surface area contributed by atoms with Gasteiger partial charge in [-0.3, -0.25) is 0 Å². The molecule has 3 aromatic rings. The summed E-state index contributed by atoms with van der Waals surface area (Å²) in [6.07, 6.45) is 3.19. The van der Waals surface area contributed by atoms with Crippen molar-refractivity contribution in [1.29, 1.82) is 0 Å².